The summed E-state index contributed by atoms with van der Waals surface area (Å²) >= 11 is 1.52. The van der Waals surface area contributed by atoms with E-state index in [1.807, 2.05) is 93.8 Å². The number of nitrogens with one attached hydrogen (secondary N) is 1. The van der Waals surface area contributed by atoms with Gasteiger partial charge in [-0.15, -0.1) is 11.8 Å². The fourth-order valence-electron chi connectivity index (χ4n) is 5.01. The lowest BCUT2D eigenvalue weighted by molar-refractivity contribution is -0.140. The molecule has 0 radical (unpaired) electrons. The molecule has 0 spiro atoms. The molecule has 0 fully saturated rings. The Morgan fingerprint density at radius 3 is 2.11 bits per heavy atom. The Labute approximate surface area is 271 Å². The number of hydrogen-bond donors (Lipinski definition) is 1. The zero-order valence-electron chi connectivity index (χ0n) is 26.3. The Morgan fingerprint density at radius 1 is 0.844 bits per heavy atom. The summed E-state index contributed by atoms with van der Waals surface area (Å²) in [6, 6.07) is 30.1. The van der Waals surface area contributed by atoms with Crippen molar-refractivity contribution in [3.05, 3.63) is 125 Å². The molecule has 2 amide bonds. The van der Waals surface area contributed by atoms with E-state index in [9.17, 15) is 18.0 Å². The lowest BCUT2D eigenvalue weighted by atomic mass is 10.0. The van der Waals surface area contributed by atoms with Gasteiger partial charge in [0.1, 0.15) is 12.6 Å². The van der Waals surface area contributed by atoms with E-state index in [0.717, 1.165) is 37.9 Å². The third-order valence-corrected chi connectivity index (χ3v) is 10.2. The van der Waals surface area contributed by atoms with E-state index >= 15 is 0 Å². The van der Waals surface area contributed by atoms with Crippen LogP contribution in [-0.2, 0) is 32.6 Å². The van der Waals surface area contributed by atoms with Crippen LogP contribution in [0.2, 0.25) is 0 Å². The highest BCUT2D eigenvalue weighted by molar-refractivity contribution is 7.98. The fourth-order valence-corrected chi connectivity index (χ4v) is 6.83. The van der Waals surface area contributed by atoms with E-state index in [1.165, 1.54) is 16.7 Å². The first-order valence-electron chi connectivity index (χ1n) is 15.0. The van der Waals surface area contributed by atoms with Crippen molar-refractivity contribution >= 4 is 39.3 Å². The van der Waals surface area contributed by atoms with Crippen LogP contribution in [0.3, 0.4) is 0 Å². The lowest BCUT2D eigenvalue weighted by Gasteiger charge is -2.34. The molecule has 0 heterocycles. The number of aryl methyl sites for hydroxylation is 2. The molecule has 0 aliphatic carbocycles. The Kier molecular flexibility index (Phi) is 11.8. The maximum absolute atomic E-state index is 14.5. The average Bonchev–Trinajstić information content (AvgIpc) is 3.05. The van der Waals surface area contributed by atoms with Crippen molar-refractivity contribution in [1.82, 2.24) is 10.2 Å². The summed E-state index contributed by atoms with van der Waals surface area (Å²) in [7, 11) is -4.14. The van der Waals surface area contributed by atoms with Crippen molar-refractivity contribution in [2.45, 2.75) is 56.0 Å². The number of thioether (sulfide) groups is 1. The highest BCUT2D eigenvalue weighted by atomic mass is 32.2. The molecule has 0 aromatic heterocycles. The van der Waals surface area contributed by atoms with E-state index in [2.05, 4.69) is 5.32 Å². The van der Waals surface area contributed by atoms with Crippen LogP contribution in [0, 0.1) is 13.8 Å². The van der Waals surface area contributed by atoms with Crippen molar-refractivity contribution in [1.29, 1.82) is 0 Å². The van der Waals surface area contributed by atoms with Gasteiger partial charge in [-0.05, 0) is 79.6 Å². The second-order valence-electron chi connectivity index (χ2n) is 11.0. The largest absolute Gasteiger partial charge is 0.354 e. The number of carbonyl (C=O) groups excluding carboxylic acids is 2. The lowest BCUT2D eigenvalue weighted by Crippen LogP contribution is -2.53. The number of carbonyl (C=O) groups is 2. The second kappa shape index (κ2) is 15.8. The Hall–Kier alpha value is -4.08. The standard InChI is InChI=1S/C36H41N3O4S2/c1-5-23-37-36(41)34(24-29-12-7-6-8-13-29)38(25-30-14-10-9-11-28(30)3)35(40)26-39(31-17-15-27(2)16-18-31)45(42,43)33-21-19-32(44-4)20-22-33/h6-22,34H,5,23-26H2,1-4H3,(H,37,41). The average molecular weight is 644 g/mol. The topological polar surface area (TPSA) is 86.8 Å². The zero-order valence-corrected chi connectivity index (χ0v) is 27.9. The summed E-state index contributed by atoms with van der Waals surface area (Å²) < 4.78 is 29.5. The van der Waals surface area contributed by atoms with Crippen molar-refractivity contribution in [2.24, 2.45) is 0 Å². The molecular formula is C36H41N3O4S2. The van der Waals surface area contributed by atoms with Crippen molar-refractivity contribution < 1.29 is 18.0 Å². The predicted molar refractivity (Wildman–Crippen MR) is 183 cm³/mol. The third kappa shape index (κ3) is 8.77. The first-order valence-corrected chi connectivity index (χ1v) is 17.7. The van der Waals surface area contributed by atoms with Crippen LogP contribution < -0.4 is 9.62 Å². The van der Waals surface area contributed by atoms with Crippen LogP contribution in [-0.4, -0.2) is 50.5 Å². The molecule has 4 rings (SSSR count). The van der Waals surface area contributed by atoms with Gasteiger partial charge in [-0.25, -0.2) is 8.42 Å². The number of amides is 2. The summed E-state index contributed by atoms with van der Waals surface area (Å²) in [5.41, 5.74) is 4.08. The highest BCUT2D eigenvalue weighted by Gasteiger charge is 2.34. The number of hydrogen-bond acceptors (Lipinski definition) is 5. The van der Waals surface area contributed by atoms with Crippen LogP contribution in [0.1, 0.15) is 35.6 Å². The van der Waals surface area contributed by atoms with Crippen molar-refractivity contribution in [2.75, 3.05) is 23.7 Å². The molecule has 0 aliphatic heterocycles. The molecule has 1 unspecified atom stereocenters. The van der Waals surface area contributed by atoms with E-state index < -0.39 is 28.5 Å². The maximum atomic E-state index is 14.5. The Morgan fingerprint density at radius 2 is 1.49 bits per heavy atom. The Bertz CT molecular complexity index is 1680. The van der Waals surface area contributed by atoms with E-state index in [4.69, 9.17) is 0 Å². The molecular weight excluding hydrogens is 603 g/mol. The molecule has 45 heavy (non-hydrogen) atoms. The second-order valence-corrected chi connectivity index (χ2v) is 13.7. The van der Waals surface area contributed by atoms with Gasteiger partial charge in [0.25, 0.3) is 10.0 Å². The SMILES string of the molecule is CCCNC(=O)C(Cc1ccccc1)N(Cc1ccccc1C)C(=O)CN(c1ccc(C)cc1)S(=O)(=O)c1ccc(SC)cc1. The van der Waals surface area contributed by atoms with E-state index in [0.29, 0.717) is 12.2 Å². The summed E-state index contributed by atoms with van der Waals surface area (Å²) in [6.07, 6.45) is 2.94. The van der Waals surface area contributed by atoms with Crippen molar-refractivity contribution in [3.8, 4) is 0 Å². The van der Waals surface area contributed by atoms with Gasteiger partial charge < -0.3 is 10.2 Å². The molecule has 0 saturated carbocycles. The summed E-state index contributed by atoms with van der Waals surface area (Å²) in [5.74, 6) is -0.754. The summed E-state index contributed by atoms with van der Waals surface area (Å²) in [4.78, 5) is 30.8. The number of benzene rings is 4. The normalized spacial score (nSPS) is 11.9. The first kappa shape index (κ1) is 33.8. The highest BCUT2D eigenvalue weighted by Crippen LogP contribution is 2.27. The van der Waals surface area contributed by atoms with E-state index in [-0.39, 0.29) is 23.8 Å². The maximum Gasteiger partial charge on any atom is 0.264 e. The molecule has 0 bridgehead atoms. The van der Waals surface area contributed by atoms with Crippen LogP contribution in [0.25, 0.3) is 0 Å². The van der Waals surface area contributed by atoms with Gasteiger partial charge in [0, 0.05) is 24.4 Å². The van der Waals surface area contributed by atoms with Gasteiger partial charge in [-0.1, -0.05) is 79.2 Å². The smallest absolute Gasteiger partial charge is 0.264 e. The van der Waals surface area contributed by atoms with Gasteiger partial charge >= 0.3 is 0 Å². The Balaban J connectivity index is 1.80. The van der Waals surface area contributed by atoms with Crippen LogP contribution in [0.4, 0.5) is 5.69 Å². The molecule has 1 atom stereocenters. The van der Waals surface area contributed by atoms with Gasteiger partial charge in [0.15, 0.2) is 0 Å². The minimum Gasteiger partial charge on any atom is -0.354 e. The number of anilines is 1. The van der Waals surface area contributed by atoms with Crippen LogP contribution >= 0.6 is 11.8 Å². The van der Waals surface area contributed by atoms with Gasteiger partial charge in [0.05, 0.1) is 10.6 Å². The molecule has 7 nitrogen and oxygen atoms in total. The fraction of sp³-hybridized carbons (Fsp3) is 0.278. The van der Waals surface area contributed by atoms with Crippen LogP contribution in [0.15, 0.2) is 113 Å². The molecule has 1 N–H and O–H groups in total. The minimum absolute atomic E-state index is 0.0839. The van der Waals surface area contributed by atoms with Gasteiger partial charge in [0.2, 0.25) is 11.8 Å². The molecule has 0 saturated heterocycles. The summed E-state index contributed by atoms with van der Waals surface area (Å²) in [5, 5.41) is 2.98. The number of sulfonamides is 1. The quantitative estimate of drug-likeness (QED) is 0.161. The third-order valence-electron chi connectivity index (χ3n) is 7.67. The number of nitrogens with zero attached hydrogens (tertiary/aromatic N) is 2. The number of rotatable bonds is 14. The zero-order chi connectivity index (χ0) is 32.4. The summed E-state index contributed by atoms with van der Waals surface area (Å²) in [6.45, 7) is 5.98. The van der Waals surface area contributed by atoms with Crippen molar-refractivity contribution in [3.63, 3.8) is 0 Å². The van der Waals surface area contributed by atoms with E-state index in [1.54, 1.807) is 36.4 Å². The molecule has 4 aromatic carbocycles. The minimum atomic E-state index is -4.14. The molecule has 236 valence electrons. The first-order chi connectivity index (χ1) is 21.6. The molecule has 4 aromatic rings. The van der Waals surface area contributed by atoms with Gasteiger partial charge in [-0.3, -0.25) is 13.9 Å². The predicted octanol–water partition coefficient (Wildman–Crippen LogP) is 6.39. The van der Waals surface area contributed by atoms with Crippen LogP contribution in [0.5, 0.6) is 0 Å². The molecule has 9 heteroatoms. The van der Waals surface area contributed by atoms with Gasteiger partial charge in [-0.2, -0.15) is 0 Å². The monoisotopic (exact) mass is 643 g/mol. The molecule has 0 aliphatic rings.